The standard InChI is InChI=1S/C17H23N5O2/c1-22-8-5-12(6-9-22)16-19-10-14(21-16)17(24)20-11-15(23)13-4-2-3-7-18-13/h2-4,7,10,12,15,23H,5-6,8-9,11H2,1H3,(H,19,21)(H,20,24). The van der Waals surface area contributed by atoms with E-state index in [9.17, 15) is 9.90 Å². The molecular weight excluding hydrogens is 306 g/mol. The van der Waals surface area contributed by atoms with E-state index < -0.39 is 6.10 Å². The minimum Gasteiger partial charge on any atom is -0.385 e. The molecule has 0 saturated carbocycles. The van der Waals surface area contributed by atoms with Crippen molar-refractivity contribution in [3.63, 3.8) is 0 Å². The van der Waals surface area contributed by atoms with E-state index in [1.807, 2.05) is 0 Å². The van der Waals surface area contributed by atoms with Gasteiger partial charge in [0.25, 0.3) is 5.91 Å². The number of aliphatic hydroxyl groups is 1. The molecule has 3 heterocycles. The highest BCUT2D eigenvalue weighted by atomic mass is 16.3. The Bertz CT molecular complexity index is 665. The van der Waals surface area contributed by atoms with Gasteiger partial charge in [-0.15, -0.1) is 0 Å². The predicted molar refractivity (Wildman–Crippen MR) is 89.6 cm³/mol. The lowest BCUT2D eigenvalue weighted by atomic mass is 9.97. The molecule has 3 rings (SSSR count). The van der Waals surface area contributed by atoms with Crippen LogP contribution in [0.25, 0.3) is 0 Å². The van der Waals surface area contributed by atoms with Crippen LogP contribution in [0.4, 0.5) is 0 Å². The molecule has 1 atom stereocenters. The van der Waals surface area contributed by atoms with Gasteiger partial charge in [0, 0.05) is 18.7 Å². The number of carbonyl (C=O) groups excluding carboxylic acids is 1. The van der Waals surface area contributed by atoms with Crippen LogP contribution in [0.2, 0.25) is 0 Å². The number of amides is 1. The fourth-order valence-electron chi connectivity index (χ4n) is 2.90. The van der Waals surface area contributed by atoms with Crippen LogP contribution in [-0.4, -0.2) is 57.5 Å². The molecule has 1 fully saturated rings. The number of aromatic amines is 1. The SMILES string of the molecule is CN1CCC(c2ncc(C(=O)NCC(O)c3ccccn3)[nH]2)CC1. The highest BCUT2D eigenvalue weighted by Crippen LogP contribution is 2.25. The van der Waals surface area contributed by atoms with Crippen LogP contribution in [0.5, 0.6) is 0 Å². The van der Waals surface area contributed by atoms with Crippen LogP contribution in [0, 0.1) is 0 Å². The second kappa shape index (κ2) is 7.55. The van der Waals surface area contributed by atoms with Gasteiger partial charge in [-0.25, -0.2) is 4.98 Å². The quantitative estimate of drug-likeness (QED) is 0.763. The third-order valence-electron chi connectivity index (χ3n) is 4.43. The summed E-state index contributed by atoms with van der Waals surface area (Å²) in [7, 11) is 2.12. The van der Waals surface area contributed by atoms with Gasteiger partial charge >= 0.3 is 0 Å². The summed E-state index contributed by atoms with van der Waals surface area (Å²) in [5.74, 6) is 0.983. The first-order chi connectivity index (χ1) is 11.6. The Morgan fingerprint density at radius 2 is 2.21 bits per heavy atom. The molecule has 1 aliphatic heterocycles. The van der Waals surface area contributed by atoms with Crippen molar-refractivity contribution in [2.45, 2.75) is 24.9 Å². The molecule has 128 valence electrons. The molecule has 1 unspecified atom stereocenters. The van der Waals surface area contributed by atoms with E-state index in [4.69, 9.17) is 0 Å². The maximum absolute atomic E-state index is 12.2. The Hall–Kier alpha value is -2.25. The van der Waals surface area contributed by atoms with Crippen molar-refractivity contribution in [3.8, 4) is 0 Å². The lowest BCUT2D eigenvalue weighted by molar-refractivity contribution is 0.0909. The molecule has 0 radical (unpaired) electrons. The summed E-state index contributed by atoms with van der Waals surface area (Å²) in [5, 5.41) is 12.8. The van der Waals surface area contributed by atoms with Crippen LogP contribution in [-0.2, 0) is 0 Å². The van der Waals surface area contributed by atoms with Gasteiger partial charge in [-0.3, -0.25) is 9.78 Å². The Kier molecular flexibility index (Phi) is 5.22. The topological polar surface area (TPSA) is 94.1 Å². The fraction of sp³-hybridized carbons (Fsp3) is 0.471. The highest BCUT2D eigenvalue weighted by molar-refractivity contribution is 5.92. The molecule has 1 amide bonds. The third-order valence-corrected chi connectivity index (χ3v) is 4.43. The number of H-pyrrole nitrogens is 1. The van der Waals surface area contributed by atoms with Gasteiger partial charge < -0.3 is 20.3 Å². The first-order valence-electron chi connectivity index (χ1n) is 8.24. The monoisotopic (exact) mass is 329 g/mol. The normalized spacial score (nSPS) is 17.6. The summed E-state index contributed by atoms with van der Waals surface area (Å²) in [5.41, 5.74) is 0.964. The second-order valence-corrected chi connectivity index (χ2v) is 6.24. The Balaban J connectivity index is 1.54. The van der Waals surface area contributed by atoms with Crippen LogP contribution in [0.1, 0.15) is 46.9 Å². The molecule has 7 heteroatoms. The zero-order valence-corrected chi connectivity index (χ0v) is 13.8. The van der Waals surface area contributed by atoms with E-state index in [0.717, 1.165) is 31.8 Å². The van der Waals surface area contributed by atoms with E-state index in [-0.39, 0.29) is 12.5 Å². The molecule has 7 nitrogen and oxygen atoms in total. The van der Waals surface area contributed by atoms with Crippen molar-refractivity contribution in [2.75, 3.05) is 26.7 Å². The van der Waals surface area contributed by atoms with Gasteiger partial charge in [0.2, 0.25) is 0 Å². The molecule has 1 saturated heterocycles. The van der Waals surface area contributed by atoms with Crippen molar-refractivity contribution in [3.05, 3.63) is 47.8 Å². The van der Waals surface area contributed by atoms with E-state index in [2.05, 4.69) is 32.2 Å². The van der Waals surface area contributed by atoms with E-state index in [1.54, 1.807) is 30.6 Å². The third kappa shape index (κ3) is 3.98. The smallest absolute Gasteiger partial charge is 0.269 e. The van der Waals surface area contributed by atoms with Crippen molar-refractivity contribution in [2.24, 2.45) is 0 Å². The van der Waals surface area contributed by atoms with Crippen LogP contribution < -0.4 is 5.32 Å². The summed E-state index contributed by atoms with van der Waals surface area (Å²) in [6.45, 7) is 2.20. The Morgan fingerprint density at radius 1 is 1.42 bits per heavy atom. The van der Waals surface area contributed by atoms with Crippen molar-refractivity contribution in [1.82, 2.24) is 25.2 Å². The van der Waals surface area contributed by atoms with Crippen molar-refractivity contribution < 1.29 is 9.90 Å². The molecule has 0 bridgehead atoms. The summed E-state index contributed by atoms with van der Waals surface area (Å²) in [6, 6.07) is 5.31. The summed E-state index contributed by atoms with van der Waals surface area (Å²) >= 11 is 0. The molecule has 2 aromatic rings. The lowest BCUT2D eigenvalue weighted by Gasteiger charge is -2.27. The van der Waals surface area contributed by atoms with Crippen molar-refractivity contribution in [1.29, 1.82) is 0 Å². The number of rotatable bonds is 5. The zero-order chi connectivity index (χ0) is 16.9. The van der Waals surface area contributed by atoms with E-state index in [1.165, 1.54) is 0 Å². The first-order valence-corrected chi connectivity index (χ1v) is 8.24. The predicted octanol–water partition coefficient (Wildman–Crippen LogP) is 1.08. The number of hydrogen-bond acceptors (Lipinski definition) is 5. The minimum atomic E-state index is -0.827. The number of pyridine rings is 1. The highest BCUT2D eigenvalue weighted by Gasteiger charge is 2.22. The molecule has 3 N–H and O–H groups in total. The molecule has 2 aromatic heterocycles. The molecular formula is C17H23N5O2. The summed E-state index contributed by atoms with van der Waals surface area (Å²) in [6.07, 6.45) is 4.44. The molecule has 24 heavy (non-hydrogen) atoms. The maximum Gasteiger partial charge on any atom is 0.269 e. The summed E-state index contributed by atoms with van der Waals surface area (Å²) in [4.78, 5) is 26.1. The van der Waals surface area contributed by atoms with E-state index in [0.29, 0.717) is 17.3 Å². The summed E-state index contributed by atoms with van der Waals surface area (Å²) < 4.78 is 0. The number of aromatic nitrogens is 3. The fourth-order valence-corrected chi connectivity index (χ4v) is 2.90. The second-order valence-electron chi connectivity index (χ2n) is 6.24. The average molecular weight is 329 g/mol. The number of carbonyl (C=O) groups is 1. The van der Waals surface area contributed by atoms with E-state index >= 15 is 0 Å². The molecule has 0 spiro atoms. The largest absolute Gasteiger partial charge is 0.385 e. The van der Waals surface area contributed by atoms with Gasteiger partial charge in [0.15, 0.2) is 0 Å². The van der Waals surface area contributed by atoms with Gasteiger partial charge in [-0.1, -0.05) is 6.07 Å². The Labute approximate surface area is 141 Å². The minimum absolute atomic E-state index is 0.110. The first kappa shape index (κ1) is 16.6. The number of aliphatic hydroxyl groups excluding tert-OH is 1. The number of hydrogen-bond donors (Lipinski definition) is 3. The van der Waals surface area contributed by atoms with Gasteiger partial charge in [0.05, 0.1) is 11.9 Å². The lowest BCUT2D eigenvalue weighted by Crippen LogP contribution is -2.30. The molecule has 0 aliphatic carbocycles. The zero-order valence-electron chi connectivity index (χ0n) is 13.8. The number of imidazole rings is 1. The number of nitrogens with zero attached hydrogens (tertiary/aromatic N) is 3. The number of likely N-dealkylation sites (tertiary alicyclic amines) is 1. The number of piperidine rings is 1. The van der Waals surface area contributed by atoms with Gasteiger partial charge in [-0.05, 0) is 45.1 Å². The van der Waals surface area contributed by atoms with Crippen LogP contribution in [0.3, 0.4) is 0 Å². The average Bonchev–Trinajstić information content (AvgIpc) is 3.11. The van der Waals surface area contributed by atoms with Crippen molar-refractivity contribution >= 4 is 5.91 Å². The molecule has 1 aliphatic rings. The van der Waals surface area contributed by atoms with Crippen LogP contribution >= 0.6 is 0 Å². The van der Waals surface area contributed by atoms with Crippen LogP contribution in [0.15, 0.2) is 30.6 Å². The van der Waals surface area contributed by atoms with Gasteiger partial charge in [-0.2, -0.15) is 0 Å². The maximum atomic E-state index is 12.2. The molecule has 0 aromatic carbocycles. The van der Waals surface area contributed by atoms with Gasteiger partial charge in [0.1, 0.15) is 17.6 Å². The Morgan fingerprint density at radius 3 is 2.92 bits per heavy atom. The number of nitrogens with one attached hydrogen (secondary N) is 2.